The number of hydrogen-bond donors (Lipinski definition) is 0. The van der Waals surface area contributed by atoms with Crippen molar-refractivity contribution in [3.05, 3.63) is 237 Å². The highest BCUT2D eigenvalue weighted by molar-refractivity contribution is 8.34. The summed E-state index contributed by atoms with van der Waals surface area (Å²) in [5.41, 5.74) is 9.69. The molecule has 0 saturated carbocycles. The summed E-state index contributed by atoms with van der Waals surface area (Å²) < 4.78 is 6.42. The molecule has 0 aliphatic carbocycles. The Morgan fingerprint density at radius 3 is 1.14 bits per heavy atom. The quantitative estimate of drug-likeness (QED) is 0.146. The average molecular weight is 750 g/mol. The minimum atomic E-state index is -1.82. The Labute approximate surface area is 335 Å². The van der Waals surface area contributed by atoms with Gasteiger partial charge in [-0.05, 0) is 125 Å². The molecule has 0 N–H and O–H groups in total. The van der Waals surface area contributed by atoms with Gasteiger partial charge in [-0.1, -0.05) is 133 Å². The number of nitrogens with zero attached hydrogens (tertiary/aromatic N) is 1. The average Bonchev–Trinajstić information content (AvgIpc) is 3.67. The molecule has 272 valence electrons. The van der Waals surface area contributed by atoms with Gasteiger partial charge in [0.25, 0.3) is 0 Å². The fraction of sp³-hybridized carbons (Fsp3) is 0. The largest absolute Gasteiger partial charge is 0.456 e. The van der Waals surface area contributed by atoms with E-state index < -0.39 is 10.0 Å². The summed E-state index contributed by atoms with van der Waals surface area (Å²) in [4.78, 5) is 7.54. The predicted octanol–water partition coefficient (Wildman–Crippen LogP) is 15.7. The third kappa shape index (κ3) is 6.29. The number of fused-ring (bicyclic) bond motifs is 3. The minimum Gasteiger partial charge on any atom is -0.456 e. The first-order valence-electron chi connectivity index (χ1n) is 19.3. The Bertz CT molecular complexity index is 2810. The van der Waals surface area contributed by atoms with Gasteiger partial charge in [0.2, 0.25) is 0 Å². The fourth-order valence-corrected chi connectivity index (χ4v) is 12.0. The zero-order valence-electron chi connectivity index (χ0n) is 31.3. The second-order valence-corrected chi connectivity index (χ2v) is 17.3. The van der Waals surface area contributed by atoms with E-state index in [2.05, 4.69) is 241 Å². The number of rotatable bonds is 9. The van der Waals surface area contributed by atoms with E-state index in [0.717, 1.165) is 39.0 Å². The van der Waals surface area contributed by atoms with E-state index in [-0.39, 0.29) is 0 Å². The van der Waals surface area contributed by atoms with Crippen LogP contribution in [0.25, 0.3) is 44.2 Å². The van der Waals surface area contributed by atoms with Crippen LogP contribution in [0.2, 0.25) is 0 Å². The van der Waals surface area contributed by atoms with E-state index >= 15 is 0 Å². The Balaban J connectivity index is 1.14. The summed E-state index contributed by atoms with van der Waals surface area (Å²) >= 11 is 0. The lowest BCUT2D eigenvalue weighted by Crippen LogP contribution is -2.10. The molecule has 9 aromatic carbocycles. The molecular formula is C54H39NOS. The summed E-state index contributed by atoms with van der Waals surface area (Å²) in [7, 11) is -1.82. The van der Waals surface area contributed by atoms with E-state index in [9.17, 15) is 0 Å². The van der Waals surface area contributed by atoms with Crippen LogP contribution >= 0.6 is 10.0 Å². The fourth-order valence-electron chi connectivity index (χ4n) is 8.09. The number of hydrogen-bond acceptors (Lipinski definition) is 2. The normalized spacial score (nSPS) is 11.8. The van der Waals surface area contributed by atoms with Crippen LogP contribution in [0.1, 0.15) is 0 Å². The topological polar surface area (TPSA) is 16.4 Å². The molecule has 0 saturated heterocycles. The molecule has 3 heteroatoms. The van der Waals surface area contributed by atoms with Gasteiger partial charge in [0, 0.05) is 47.4 Å². The van der Waals surface area contributed by atoms with Gasteiger partial charge in [-0.15, -0.1) is 10.0 Å². The smallest absolute Gasteiger partial charge is 0.135 e. The first kappa shape index (κ1) is 34.4. The summed E-state index contributed by atoms with van der Waals surface area (Å²) in [5.74, 6) is 0. The molecule has 57 heavy (non-hydrogen) atoms. The first-order chi connectivity index (χ1) is 28.3. The molecule has 0 fully saturated rings. The van der Waals surface area contributed by atoms with Gasteiger partial charge in [0.1, 0.15) is 11.2 Å². The van der Waals surface area contributed by atoms with E-state index in [1.165, 1.54) is 41.8 Å². The SMILES string of the molecule is c1ccc(-c2ccc(N(c3ccc(S(c4ccccc4)(c4ccccc4)c4ccccc4)cc3)c3ccc4oc5ccc(-c6ccccc6)cc5c4c3)cc2)cc1. The Morgan fingerprint density at radius 2 is 0.632 bits per heavy atom. The van der Waals surface area contributed by atoms with Crippen LogP contribution in [0.3, 0.4) is 0 Å². The van der Waals surface area contributed by atoms with Crippen LogP contribution < -0.4 is 4.90 Å². The molecule has 1 aromatic heterocycles. The second-order valence-electron chi connectivity index (χ2n) is 14.2. The van der Waals surface area contributed by atoms with Gasteiger partial charge in [0.05, 0.1) is 0 Å². The first-order valence-corrected chi connectivity index (χ1v) is 21.0. The van der Waals surface area contributed by atoms with Gasteiger partial charge in [0.15, 0.2) is 0 Å². The van der Waals surface area contributed by atoms with Gasteiger partial charge in [-0.3, -0.25) is 0 Å². The molecule has 0 atom stereocenters. The van der Waals surface area contributed by atoms with Gasteiger partial charge in [-0.25, -0.2) is 0 Å². The third-order valence-electron chi connectivity index (χ3n) is 10.8. The molecule has 0 aliphatic heterocycles. The van der Waals surface area contributed by atoms with E-state index in [1.54, 1.807) is 0 Å². The second kappa shape index (κ2) is 14.9. The van der Waals surface area contributed by atoms with Crippen LogP contribution in [-0.2, 0) is 0 Å². The van der Waals surface area contributed by atoms with Crippen LogP contribution in [0.15, 0.2) is 261 Å². The predicted molar refractivity (Wildman–Crippen MR) is 239 cm³/mol. The monoisotopic (exact) mass is 749 g/mol. The van der Waals surface area contributed by atoms with Crippen molar-refractivity contribution in [3.8, 4) is 22.3 Å². The lowest BCUT2D eigenvalue weighted by Gasteiger charge is -2.42. The van der Waals surface area contributed by atoms with Crippen molar-refractivity contribution in [3.63, 3.8) is 0 Å². The standard InChI is InChI=1S/C54H39NOS/c1-6-16-40(17-7-1)42-26-29-44(30-27-42)55(46-33-37-54-52(39-46)51-38-43(28-36-53(51)56-54)41-18-8-2-9-19-41)45-31-34-50(35-32-45)57(47-20-10-3-11-21-47,48-22-12-4-13-23-48)49-24-14-5-15-25-49/h1-39H. The maximum absolute atomic E-state index is 6.42. The highest BCUT2D eigenvalue weighted by Gasteiger charge is 2.33. The van der Waals surface area contributed by atoms with Crippen molar-refractivity contribution >= 4 is 49.0 Å². The molecular weight excluding hydrogens is 711 g/mol. The van der Waals surface area contributed by atoms with Crippen molar-refractivity contribution < 1.29 is 4.42 Å². The van der Waals surface area contributed by atoms with Crippen molar-refractivity contribution in [2.24, 2.45) is 0 Å². The van der Waals surface area contributed by atoms with Crippen molar-refractivity contribution in [1.29, 1.82) is 0 Å². The molecule has 0 bridgehead atoms. The number of benzene rings is 9. The molecule has 2 nitrogen and oxygen atoms in total. The molecule has 10 aromatic rings. The van der Waals surface area contributed by atoms with E-state index in [1.807, 2.05) is 0 Å². The summed E-state index contributed by atoms with van der Waals surface area (Å²) in [6.45, 7) is 0. The molecule has 0 unspecified atom stereocenters. The van der Waals surface area contributed by atoms with Crippen LogP contribution in [-0.4, -0.2) is 0 Å². The highest BCUT2D eigenvalue weighted by atomic mass is 32.3. The Kier molecular flexibility index (Phi) is 8.98. The summed E-state index contributed by atoms with van der Waals surface area (Å²) in [6.07, 6.45) is 0. The van der Waals surface area contributed by atoms with Crippen LogP contribution in [0.5, 0.6) is 0 Å². The van der Waals surface area contributed by atoms with Crippen molar-refractivity contribution in [2.45, 2.75) is 19.6 Å². The molecule has 0 amide bonds. The zero-order valence-corrected chi connectivity index (χ0v) is 32.1. The number of furan rings is 1. The lowest BCUT2D eigenvalue weighted by molar-refractivity contribution is 0.669. The molecule has 0 spiro atoms. The van der Waals surface area contributed by atoms with Crippen molar-refractivity contribution in [2.75, 3.05) is 4.90 Å². The van der Waals surface area contributed by atoms with Gasteiger partial charge < -0.3 is 9.32 Å². The highest BCUT2D eigenvalue weighted by Crippen LogP contribution is 2.73. The van der Waals surface area contributed by atoms with E-state index in [4.69, 9.17) is 4.42 Å². The minimum absolute atomic E-state index is 0.871. The van der Waals surface area contributed by atoms with Gasteiger partial charge >= 0.3 is 0 Å². The maximum Gasteiger partial charge on any atom is 0.135 e. The molecule has 0 radical (unpaired) electrons. The summed E-state index contributed by atoms with van der Waals surface area (Å²) in [5, 5.41) is 2.19. The van der Waals surface area contributed by atoms with Crippen molar-refractivity contribution in [1.82, 2.24) is 0 Å². The Hall–Kier alpha value is -7.07. The molecule has 0 aliphatic rings. The van der Waals surface area contributed by atoms with E-state index in [0.29, 0.717) is 0 Å². The van der Waals surface area contributed by atoms with Crippen LogP contribution in [0, 0.1) is 0 Å². The molecule has 10 rings (SSSR count). The number of anilines is 3. The molecule has 1 heterocycles. The lowest BCUT2D eigenvalue weighted by atomic mass is 10.0. The Morgan fingerprint density at radius 1 is 0.281 bits per heavy atom. The zero-order chi connectivity index (χ0) is 38.0. The van der Waals surface area contributed by atoms with Gasteiger partial charge in [-0.2, -0.15) is 0 Å². The van der Waals surface area contributed by atoms with Crippen LogP contribution in [0.4, 0.5) is 17.1 Å². The maximum atomic E-state index is 6.42. The third-order valence-corrected chi connectivity index (χ3v) is 14.7. The summed E-state index contributed by atoms with van der Waals surface area (Å²) in [6, 6.07) is 85.4.